The highest BCUT2D eigenvalue weighted by Crippen LogP contribution is 2.41. The van der Waals surface area contributed by atoms with E-state index in [0.717, 1.165) is 16.8 Å². The summed E-state index contributed by atoms with van der Waals surface area (Å²) in [6, 6.07) is 23.0. The van der Waals surface area contributed by atoms with Crippen molar-refractivity contribution in [3.63, 3.8) is 0 Å². The van der Waals surface area contributed by atoms with Crippen LogP contribution in [0.3, 0.4) is 0 Å². The van der Waals surface area contributed by atoms with Crippen LogP contribution in [0.15, 0.2) is 83.1 Å². The first-order valence-electron chi connectivity index (χ1n) is 10.4. The van der Waals surface area contributed by atoms with Crippen molar-refractivity contribution in [1.82, 2.24) is 14.8 Å². The second kappa shape index (κ2) is 10.8. The largest absolute Gasteiger partial charge is 0.493 e. The molecule has 3 aromatic carbocycles. The van der Waals surface area contributed by atoms with Crippen LogP contribution < -0.4 is 14.2 Å². The quantitative estimate of drug-likeness (QED) is 0.158. The fraction of sp³-hybridized carbons (Fsp3) is 0.160. The number of aromatic nitrogens is 3. The monoisotopic (exact) mass is 476 g/mol. The van der Waals surface area contributed by atoms with E-state index < -0.39 is 0 Å². The molecule has 9 heteroatoms. The molecule has 1 aromatic heterocycles. The normalized spacial score (nSPS) is 11.3. The van der Waals surface area contributed by atoms with Gasteiger partial charge in [0, 0.05) is 22.6 Å². The number of ether oxygens (including phenoxy) is 3. The fourth-order valence-corrected chi connectivity index (χ4v) is 4.41. The number of thioether (sulfide) groups is 1. The number of methoxy groups -OCH3 is 3. The van der Waals surface area contributed by atoms with E-state index in [-0.39, 0.29) is 0 Å². The lowest BCUT2D eigenvalue weighted by Crippen LogP contribution is -2.06. The Labute approximate surface area is 201 Å². The minimum atomic E-state index is 0.404. The lowest BCUT2D eigenvalue weighted by molar-refractivity contribution is 0.319. The van der Waals surface area contributed by atoms with Crippen molar-refractivity contribution in [3.05, 3.63) is 78.4 Å². The SMILES string of the molecule is COc1cc(-c2nnc(SC/C(=N/O)c3ccccc3)n2-c2ccccc2)cc(OC)c1OC. The van der Waals surface area contributed by atoms with Crippen molar-refractivity contribution in [2.24, 2.45) is 5.16 Å². The summed E-state index contributed by atoms with van der Waals surface area (Å²) in [6.45, 7) is 0. The third-order valence-corrected chi connectivity index (χ3v) is 6.08. The van der Waals surface area contributed by atoms with Gasteiger partial charge in [-0.1, -0.05) is 65.4 Å². The number of para-hydroxylation sites is 1. The van der Waals surface area contributed by atoms with Gasteiger partial charge in [-0.15, -0.1) is 10.2 Å². The summed E-state index contributed by atoms with van der Waals surface area (Å²) in [7, 11) is 4.71. The standard InChI is InChI=1S/C25H24N4O4S/c1-31-21-14-18(15-22(32-2)23(21)33-3)24-26-27-25(29(24)19-12-8-5-9-13-19)34-16-20(28-30)17-10-6-4-7-11-17/h4-15,30H,16H2,1-3H3/b28-20-. The maximum atomic E-state index is 9.58. The maximum Gasteiger partial charge on any atom is 0.203 e. The van der Waals surface area contributed by atoms with E-state index in [1.165, 1.54) is 11.8 Å². The van der Waals surface area contributed by atoms with Gasteiger partial charge in [0.15, 0.2) is 22.5 Å². The van der Waals surface area contributed by atoms with E-state index >= 15 is 0 Å². The van der Waals surface area contributed by atoms with Crippen molar-refractivity contribution in [1.29, 1.82) is 0 Å². The van der Waals surface area contributed by atoms with Gasteiger partial charge in [0.05, 0.1) is 27.0 Å². The highest BCUT2D eigenvalue weighted by molar-refractivity contribution is 7.99. The minimum Gasteiger partial charge on any atom is -0.493 e. The molecule has 0 aliphatic heterocycles. The summed E-state index contributed by atoms with van der Waals surface area (Å²) in [5.74, 6) is 2.55. The van der Waals surface area contributed by atoms with Gasteiger partial charge in [-0.25, -0.2) is 0 Å². The van der Waals surface area contributed by atoms with Crippen LogP contribution in [0.2, 0.25) is 0 Å². The third-order valence-electron chi connectivity index (χ3n) is 5.14. The third kappa shape index (κ3) is 4.69. The average Bonchev–Trinajstić information content (AvgIpc) is 3.33. The molecule has 0 unspecified atom stereocenters. The van der Waals surface area contributed by atoms with Crippen molar-refractivity contribution in [2.75, 3.05) is 27.1 Å². The Morgan fingerprint density at radius 1 is 0.882 bits per heavy atom. The molecule has 34 heavy (non-hydrogen) atoms. The molecule has 1 heterocycles. The highest BCUT2D eigenvalue weighted by atomic mass is 32.2. The van der Waals surface area contributed by atoms with Crippen LogP contribution in [-0.2, 0) is 0 Å². The molecule has 0 atom stereocenters. The topological polar surface area (TPSA) is 91.0 Å². The van der Waals surface area contributed by atoms with Gasteiger partial charge in [-0.2, -0.15) is 0 Å². The van der Waals surface area contributed by atoms with E-state index in [9.17, 15) is 5.21 Å². The number of hydrogen-bond acceptors (Lipinski definition) is 8. The van der Waals surface area contributed by atoms with Gasteiger partial charge in [0.2, 0.25) is 5.75 Å². The summed E-state index contributed by atoms with van der Waals surface area (Å²) in [4.78, 5) is 0. The molecule has 1 N–H and O–H groups in total. The number of rotatable bonds is 9. The molecular weight excluding hydrogens is 452 g/mol. The molecule has 0 amide bonds. The fourth-order valence-electron chi connectivity index (χ4n) is 3.50. The van der Waals surface area contributed by atoms with Gasteiger partial charge in [-0.3, -0.25) is 4.57 Å². The van der Waals surface area contributed by atoms with Crippen LogP contribution in [0.25, 0.3) is 17.1 Å². The average molecular weight is 477 g/mol. The molecule has 174 valence electrons. The van der Waals surface area contributed by atoms with Gasteiger partial charge in [0.1, 0.15) is 0 Å². The van der Waals surface area contributed by atoms with Crippen molar-refractivity contribution in [2.45, 2.75) is 5.16 Å². The van der Waals surface area contributed by atoms with Crippen LogP contribution in [0, 0.1) is 0 Å². The first kappa shape index (κ1) is 23.2. The minimum absolute atomic E-state index is 0.404. The van der Waals surface area contributed by atoms with E-state index in [4.69, 9.17) is 14.2 Å². The Hall–Kier alpha value is -3.98. The van der Waals surface area contributed by atoms with Gasteiger partial charge >= 0.3 is 0 Å². The molecule has 0 saturated heterocycles. The zero-order valence-electron chi connectivity index (χ0n) is 19.0. The number of nitrogens with zero attached hydrogens (tertiary/aromatic N) is 4. The Bertz CT molecular complexity index is 1250. The molecule has 0 radical (unpaired) electrons. The molecular formula is C25H24N4O4S. The molecule has 0 bridgehead atoms. The van der Waals surface area contributed by atoms with Crippen LogP contribution in [-0.4, -0.2) is 52.8 Å². The molecule has 0 aliphatic rings. The molecule has 8 nitrogen and oxygen atoms in total. The molecule has 4 aromatic rings. The predicted molar refractivity (Wildman–Crippen MR) is 132 cm³/mol. The Morgan fingerprint density at radius 2 is 1.50 bits per heavy atom. The Kier molecular flexibility index (Phi) is 7.34. The molecule has 0 spiro atoms. The van der Waals surface area contributed by atoms with Crippen LogP contribution >= 0.6 is 11.8 Å². The lowest BCUT2D eigenvalue weighted by atomic mass is 10.1. The van der Waals surface area contributed by atoms with Crippen LogP contribution in [0.5, 0.6) is 17.2 Å². The van der Waals surface area contributed by atoms with E-state index in [1.54, 1.807) is 21.3 Å². The number of hydrogen-bond donors (Lipinski definition) is 1. The smallest absolute Gasteiger partial charge is 0.203 e. The van der Waals surface area contributed by atoms with Crippen molar-refractivity contribution >= 4 is 17.5 Å². The van der Waals surface area contributed by atoms with E-state index in [0.29, 0.717) is 39.7 Å². The van der Waals surface area contributed by atoms with Crippen LogP contribution in [0.4, 0.5) is 0 Å². The zero-order chi connectivity index (χ0) is 23.9. The van der Waals surface area contributed by atoms with E-state index in [1.807, 2.05) is 77.4 Å². The second-order valence-corrected chi connectivity index (χ2v) is 8.04. The van der Waals surface area contributed by atoms with Gasteiger partial charge < -0.3 is 19.4 Å². The molecule has 0 saturated carbocycles. The summed E-state index contributed by atoms with van der Waals surface area (Å²) >= 11 is 1.42. The summed E-state index contributed by atoms with van der Waals surface area (Å²) in [6.07, 6.45) is 0. The highest BCUT2D eigenvalue weighted by Gasteiger charge is 2.21. The predicted octanol–water partition coefficient (Wildman–Crippen LogP) is 4.93. The zero-order valence-corrected chi connectivity index (χ0v) is 19.8. The molecule has 0 fully saturated rings. The first-order chi connectivity index (χ1) is 16.7. The molecule has 0 aliphatic carbocycles. The van der Waals surface area contributed by atoms with E-state index in [2.05, 4.69) is 15.4 Å². The lowest BCUT2D eigenvalue weighted by Gasteiger charge is -2.15. The summed E-state index contributed by atoms with van der Waals surface area (Å²) in [5.41, 5.74) is 3.02. The van der Waals surface area contributed by atoms with Crippen LogP contribution in [0.1, 0.15) is 5.56 Å². The Morgan fingerprint density at radius 3 is 2.06 bits per heavy atom. The first-order valence-corrected chi connectivity index (χ1v) is 11.4. The van der Waals surface area contributed by atoms with Crippen molar-refractivity contribution in [3.8, 4) is 34.3 Å². The van der Waals surface area contributed by atoms with Gasteiger partial charge in [-0.05, 0) is 24.3 Å². The second-order valence-electron chi connectivity index (χ2n) is 7.09. The summed E-state index contributed by atoms with van der Waals surface area (Å²) in [5, 5.41) is 22.7. The van der Waals surface area contributed by atoms with Crippen molar-refractivity contribution < 1.29 is 19.4 Å². The summed E-state index contributed by atoms with van der Waals surface area (Å²) < 4.78 is 18.5. The molecule has 4 rings (SSSR count). The maximum absolute atomic E-state index is 9.58. The number of oxime groups is 1. The Balaban J connectivity index is 1.77. The van der Waals surface area contributed by atoms with Gasteiger partial charge in [0.25, 0.3) is 0 Å². The number of benzene rings is 3.